The van der Waals surface area contributed by atoms with Crippen LogP contribution in [-0.4, -0.2) is 44.4 Å². The molecule has 6 nitrogen and oxygen atoms in total. The van der Waals surface area contributed by atoms with Gasteiger partial charge >= 0.3 is 0 Å². The summed E-state index contributed by atoms with van der Waals surface area (Å²) in [5, 5.41) is 13.4. The van der Waals surface area contributed by atoms with Gasteiger partial charge in [-0.1, -0.05) is 60.1 Å². The van der Waals surface area contributed by atoms with Gasteiger partial charge in [-0.3, -0.25) is 14.3 Å². The van der Waals surface area contributed by atoms with E-state index in [1.807, 2.05) is 66.1 Å². The Bertz CT molecular complexity index is 1020. The molecular weight excluding hydrogens is 442 g/mol. The standard InChI is InChI=1S/C24H28ClN5OS/c1-18(19-8-4-2-5-9-19)26-23(31)17-32-24-28-27-22(16-29-14-6-3-7-15-29)30(24)21-12-10-20(25)11-13-21/h2,4-5,8-13,18H,3,6-7,14-17H2,1H3,(H,26,31)/t18-/m0/s1. The molecule has 1 atom stereocenters. The van der Waals surface area contributed by atoms with Crippen LogP contribution in [-0.2, 0) is 11.3 Å². The van der Waals surface area contributed by atoms with Crippen molar-refractivity contribution in [3.05, 3.63) is 71.0 Å². The largest absolute Gasteiger partial charge is 0.349 e. The quantitative estimate of drug-likeness (QED) is 0.476. The van der Waals surface area contributed by atoms with Crippen LogP contribution in [0, 0.1) is 0 Å². The number of hydrogen-bond donors (Lipinski definition) is 1. The van der Waals surface area contributed by atoms with Crippen molar-refractivity contribution in [2.24, 2.45) is 0 Å². The highest BCUT2D eigenvalue weighted by Gasteiger charge is 2.20. The van der Waals surface area contributed by atoms with Crippen LogP contribution in [0.15, 0.2) is 59.8 Å². The van der Waals surface area contributed by atoms with Crippen molar-refractivity contribution in [2.45, 2.75) is 43.9 Å². The van der Waals surface area contributed by atoms with Crippen LogP contribution in [0.4, 0.5) is 0 Å². The van der Waals surface area contributed by atoms with Gasteiger partial charge in [-0.2, -0.15) is 0 Å². The van der Waals surface area contributed by atoms with Gasteiger partial charge < -0.3 is 5.32 Å². The molecule has 32 heavy (non-hydrogen) atoms. The van der Waals surface area contributed by atoms with Crippen molar-refractivity contribution in [3.63, 3.8) is 0 Å². The summed E-state index contributed by atoms with van der Waals surface area (Å²) in [5.74, 6) is 1.12. The fourth-order valence-electron chi connectivity index (χ4n) is 3.90. The second-order valence-electron chi connectivity index (χ2n) is 8.04. The summed E-state index contributed by atoms with van der Waals surface area (Å²) in [6.45, 7) is 4.89. The number of halogens is 1. The zero-order chi connectivity index (χ0) is 22.3. The van der Waals surface area contributed by atoms with Gasteiger partial charge in [-0.25, -0.2) is 0 Å². The predicted molar refractivity (Wildman–Crippen MR) is 129 cm³/mol. The molecule has 0 radical (unpaired) electrons. The first-order valence-electron chi connectivity index (χ1n) is 11.0. The lowest BCUT2D eigenvalue weighted by molar-refractivity contribution is -0.119. The molecule has 1 aliphatic rings. The van der Waals surface area contributed by atoms with Gasteiger partial charge in [0.25, 0.3) is 0 Å². The molecule has 2 aromatic carbocycles. The second kappa shape index (κ2) is 11.0. The van der Waals surface area contributed by atoms with E-state index < -0.39 is 0 Å². The Hall–Kier alpha value is -2.35. The van der Waals surface area contributed by atoms with Gasteiger partial charge in [0, 0.05) is 10.7 Å². The number of nitrogens with zero attached hydrogens (tertiary/aromatic N) is 4. The Morgan fingerprint density at radius 3 is 2.50 bits per heavy atom. The summed E-state index contributed by atoms with van der Waals surface area (Å²) in [5.41, 5.74) is 2.03. The molecule has 1 aromatic heterocycles. The molecule has 0 bridgehead atoms. The molecule has 1 saturated heterocycles. The summed E-state index contributed by atoms with van der Waals surface area (Å²) < 4.78 is 2.05. The topological polar surface area (TPSA) is 63.1 Å². The maximum Gasteiger partial charge on any atom is 0.230 e. The van der Waals surface area contributed by atoms with Crippen LogP contribution in [0.5, 0.6) is 0 Å². The van der Waals surface area contributed by atoms with Gasteiger partial charge in [0.2, 0.25) is 5.91 Å². The molecule has 0 unspecified atom stereocenters. The number of thioether (sulfide) groups is 1. The molecule has 0 aliphatic carbocycles. The molecule has 0 spiro atoms. The average Bonchev–Trinajstić information content (AvgIpc) is 3.21. The number of nitrogens with one attached hydrogen (secondary N) is 1. The highest BCUT2D eigenvalue weighted by molar-refractivity contribution is 7.99. The number of hydrogen-bond acceptors (Lipinski definition) is 5. The lowest BCUT2D eigenvalue weighted by atomic mass is 10.1. The number of amides is 1. The van der Waals surface area contributed by atoms with Crippen molar-refractivity contribution in [1.29, 1.82) is 0 Å². The minimum atomic E-state index is -0.0481. The van der Waals surface area contributed by atoms with Crippen LogP contribution < -0.4 is 5.32 Å². The Morgan fingerprint density at radius 2 is 1.78 bits per heavy atom. The molecule has 0 saturated carbocycles. The van der Waals surface area contributed by atoms with Crippen molar-refractivity contribution in [2.75, 3.05) is 18.8 Å². The van der Waals surface area contributed by atoms with E-state index >= 15 is 0 Å². The number of piperidine rings is 1. The fourth-order valence-corrected chi connectivity index (χ4v) is 4.81. The normalized spacial score (nSPS) is 15.4. The average molecular weight is 470 g/mol. The van der Waals surface area contributed by atoms with E-state index in [1.165, 1.54) is 31.0 Å². The van der Waals surface area contributed by atoms with E-state index in [2.05, 4.69) is 20.4 Å². The molecule has 168 valence electrons. The maximum atomic E-state index is 12.6. The van der Waals surface area contributed by atoms with Gasteiger partial charge in [-0.05, 0) is 62.7 Å². The third-order valence-electron chi connectivity index (χ3n) is 5.61. The molecule has 8 heteroatoms. The highest BCUT2D eigenvalue weighted by atomic mass is 35.5. The molecule has 3 aromatic rings. The summed E-state index contributed by atoms with van der Waals surface area (Å²) >= 11 is 7.50. The maximum absolute atomic E-state index is 12.6. The number of aromatic nitrogens is 3. The smallest absolute Gasteiger partial charge is 0.230 e. The van der Waals surface area contributed by atoms with Crippen molar-refractivity contribution in [1.82, 2.24) is 25.0 Å². The Labute approximate surface area is 198 Å². The number of benzene rings is 2. The molecule has 2 heterocycles. The second-order valence-corrected chi connectivity index (χ2v) is 9.41. The van der Waals surface area contributed by atoms with Gasteiger partial charge in [0.1, 0.15) is 0 Å². The zero-order valence-electron chi connectivity index (χ0n) is 18.2. The lowest BCUT2D eigenvalue weighted by Crippen LogP contribution is -2.30. The van der Waals surface area contributed by atoms with Gasteiger partial charge in [-0.15, -0.1) is 10.2 Å². The van der Waals surface area contributed by atoms with Crippen molar-refractivity contribution >= 4 is 29.3 Å². The summed E-state index contributed by atoms with van der Waals surface area (Å²) in [7, 11) is 0. The van der Waals surface area contributed by atoms with E-state index in [0.29, 0.717) is 10.2 Å². The van der Waals surface area contributed by atoms with Crippen LogP contribution in [0.2, 0.25) is 5.02 Å². The number of rotatable bonds is 8. The molecule has 1 amide bonds. The van der Waals surface area contributed by atoms with E-state index in [9.17, 15) is 4.79 Å². The summed E-state index contributed by atoms with van der Waals surface area (Å²) in [4.78, 5) is 15.0. The van der Waals surface area contributed by atoms with Gasteiger partial charge in [0.15, 0.2) is 11.0 Å². The predicted octanol–water partition coefficient (Wildman–Crippen LogP) is 4.88. The summed E-state index contributed by atoms with van der Waals surface area (Å²) in [6, 6.07) is 17.6. The third kappa shape index (κ3) is 5.91. The highest BCUT2D eigenvalue weighted by Crippen LogP contribution is 2.25. The minimum absolute atomic E-state index is 0.0328. The molecule has 1 N–H and O–H groups in total. The van der Waals surface area contributed by atoms with E-state index in [1.54, 1.807) is 0 Å². The van der Waals surface area contributed by atoms with Crippen molar-refractivity contribution in [3.8, 4) is 5.69 Å². The Morgan fingerprint density at radius 1 is 1.06 bits per heavy atom. The minimum Gasteiger partial charge on any atom is -0.349 e. The lowest BCUT2D eigenvalue weighted by Gasteiger charge is -2.26. The monoisotopic (exact) mass is 469 g/mol. The van der Waals surface area contributed by atoms with Crippen LogP contribution >= 0.6 is 23.4 Å². The Kier molecular flexibility index (Phi) is 7.84. The van der Waals surface area contributed by atoms with Crippen LogP contribution in [0.3, 0.4) is 0 Å². The summed E-state index contributed by atoms with van der Waals surface area (Å²) in [6.07, 6.45) is 3.73. The van der Waals surface area contributed by atoms with Crippen LogP contribution in [0.25, 0.3) is 5.69 Å². The fraction of sp³-hybridized carbons (Fsp3) is 0.375. The SMILES string of the molecule is C[C@H](NC(=O)CSc1nnc(CN2CCCCC2)n1-c1ccc(Cl)cc1)c1ccccc1. The number of likely N-dealkylation sites (tertiary alicyclic amines) is 1. The van der Waals surface area contributed by atoms with Gasteiger partial charge in [0.05, 0.1) is 18.3 Å². The third-order valence-corrected chi connectivity index (χ3v) is 6.79. The first kappa shape index (κ1) is 22.8. The van der Waals surface area contributed by atoms with E-state index in [0.717, 1.165) is 36.7 Å². The van der Waals surface area contributed by atoms with E-state index in [-0.39, 0.29) is 17.7 Å². The molecular formula is C24H28ClN5OS. The first-order valence-corrected chi connectivity index (χ1v) is 12.4. The van der Waals surface area contributed by atoms with Crippen molar-refractivity contribution < 1.29 is 4.79 Å². The molecule has 1 aliphatic heterocycles. The molecule has 1 fully saturated rings. The molecule has 4 rings (SSSR count). The first-order chi connectivity index (χ1) is 15.6. The zero-order valence-corrected chi connectivity index (χ0v) is 19.8. The van der Waals surface area contributed by atoms with E-state index in [4.69, 9.17) is 11.6 Å². The Balaban J connectivity index is 1.47. The number of carbonyl (C=O) groups excluding carboxylic acids is 1. The van der Waals surface area contributed by atoms with Crippen LogP contribution in [0.1, 0.15) is 43.6 Å². The number of carbonyl (C=O) groups is 1.